The van der Waals surface area contributed by atoms with Crippen molar-refractivity contribution in [1.29, 1.82) is 0 Å². The molecule has 0 heterocycles. The van der Waals surface area contributed by atoms with E-state index in [-0.39, 0.29) is 19.8 Å². The molecule has 0 aliphatic heterocycles. The van der Waals surface area contributed by atoms with E-state index in [0.29, 0.717) is 12.3 Å². The van der Waals surface area contributed by atoms with Gasteiger partial charge >= 0.3 is 24.2 Å². The van der Waals surface area contributed by atoms with Crippen LogP contribution in [0.1, 0.15) is 41.0 Å². The zero-order valence-corrected chi connectivity index (χ0v) is 20.0. The van der Waals surface area contributed by atoms with Crippen LogP contribution in [0.25, 0.3) is 0 Å². The van der Waals surface area contributed by atoms with E-state index in [2.05, 4.69) is 6.58 Å². The number of aliphatic hydroxyl groups is 1. The standard InChI is InChI=1S/C22H36O11/c1-7-10-29-17(24)21(5,12-23)13-31-20(27)33-15-22(6,18(25)28-8-2)14-32-19(26)30-11-9-16(3)4/h7,16,23H,1,8-15H2,2-6H3. The quantitative estimate of drug-likeness (QED) is 0.211. The maximum atomic E-state index is 12.4. The minimum absolute atomic E-state index is 0.0549. The van der Waals surface area contributed by atoms with Gasteiger partial charge in [-0.2, -0.15) is 0 Å². The molecular weight excluding hydrogens is 440 g/mol. The molecule has 2 unspecified atom stereocenters. The van der Waals surface area contributed by atoms with E-state index in [1.807, 2.05) is 13.8 Å². The lowest BCUT2D eigenvalue weighted by Gasteiger charge is -2.27. The van der Waals surface area contributed by atoms with Crippen LogP contribution in [0.4, 0.5) is 9.59 Å². The fourth-order valence-corrected chi connectivity index (χ4v) is 2.06. The minimum atomic E-state index is -1.53. The third-order valence-corrected chi connectivity index (χ3v) is 4.38. The van der Waals surface area contributed by atoms with Gasteiger partial charge in [-0.1, -0.05) is 26.5 Å². The number of ether oxygens (including phenoxy) is 6. The van der Waals surface area contributed by atoms with Crippen molar-refractivity contribution in [1.82, 2.24) is 0 Å². The molecule has 0 saturated carbocycles. The molecule has 190 valence electrons. The van der Waals surface area contributed by atoms with Gasteiger partial charge in [-0.05, 0) is 33.1 Å². The maximum absolute atomic E-state index is 12.4. The molecule has 0 spiro atoms. The Morgan fingerprint density at radius 3 is 1.79 bits per heavy atom. The monoisotopic (exact) mass is 476 g/mol. The lowest BCUT2D eigenvalue weighted by molar-refractivity contribution is -0.161. The molecule has 0 aliphatic rings. The van der Waals surface area contributed by atoms with E-state index in [1.165, 1.54) is 19.9 Å². The average Bonchev–Trinajstić information content (AvgIpc) is 2.78. The molecule has 33 heavy (non-hydrogen) atoms. The second-order valence-corrected chi connectivity index (χ2v) is 8.28. The summed E-state index contributed by atoms with van der Waals surface area (Å²) in [4.78, 5) is 48.2. The van der Waals surface area contributed by atoms with Crippen molar-refractivity contribution in [3.8, 4) is 0 Å². The van der Waals surface area contributed by atoms with Crippen LogP contribution in [-0.2, 0) is 38.0 Å². The summed E-state index contributed by atoms with van der Waals surface area (Å²) < 4.78 is 29.7. The predicted molar refractivity (Wildman–Crippen MR) is 115 cm³/mol. The SMILES string of the molecule is C=CCOC(=O)C(C)(CO)COC(=O)OCC(C)(COC(=O)OCCC(C)C)C(=O)OCC. The molecule has 0 aromatic carbocycles. The van der Waals surface area contributed by atoms with E-state index < -0.39 is 61.5 Å². The van der Waals surface area contributed by atoms with Gasteiger partial charge in [-0.3, -0.25) is 9.59 Å². The first-order valence-corrected chi connectivity index (χ1v) is 10.6. The Kier molecular flexibility index (Phi) is 13.8. The van der Waals surface area contributed by atoms with Crippen molar-refractivity contribution < 1.29 is 52.7 Å². The number of carbonyl (C=O) groups excluding carboxylic acids is 4. The summed E-state index contributed by atoms with van der Waals surface area (Å²) in [6.07, 6.45) is -0.178. The first-order chi connectivity index (χ1) is 15.4. The third kappa shape index (κ3) is 11.6. The summed E-state index contributed by atoms with van der Waals surface area (Å²) in [5.41, 5.74) is -3.05. The number of hydrogen-bond acceptors (Lipinski definition) is 11. The Morgan fingerprint density at radius 2 is 1.33 bits per heavy atom. The Labute approximate surface area is 194 Å². The van der Waals surface area contributed by atoms with Gasteiger partial charge in [0.25, 0.3) is 0 Å². The van der Waals surface area contributed by atoms with Crippen LogP contribution >= 0.6 is 0 Å². The normalized spacial score (nSPS) is 14.3. The zero-order chi connectivity index (χ0) is 25.5. The predicted octanol–water partition coefficient (Wildman–Crippen LogP) is 2.64. The summed E-state index contributed by atoms with van der Waals surface area (Å²) in [7, 11) is 0. The summed E-state index contributed by atoms with van der Waals surface area (Å²) in [6.45, 7) is 9.61. The molecule has 0 aromatic rings. The fourth-order valence-electron chi connectivity index (χ4n) is 2.06. The molecule has 0 bridgehead atoms. The lowest BCUT2D eigenvalue weighted by atomic mass is 9.93. The highest BCUT2D eigenvalue weighted by atomic mass is 16.7. The second-order valence-electron chi connectivity index (χ2n) is 8.28. The number of esters is 2. The van der Waals surface area contributed by atoms with E-state index in [1.54, 1.807) is 6.92 Å². The molecule has 0 fully saturated rings. The zero-order valence-electron chi connectivity index (χ0n) is 20.0. The van der Waals surface area contributed by atoms with Gasteiger partial charge in [0.05, 0.1) is 19.8 Å². The van der Waals surface area contributed by atoms with Gasteiger partial charge in [0.1, 0.15) is 37.3 Å². The Hall–Kier alpha value is -2.82. The number of rotatable bonds is 15. The van der Waals surface area contributed by atoms with Gasteiger partial charge in [0.15, 0.2) is 0 Å². The van der Waals surface area contributed by atoms with Crippen molar-refractivity contribution >= 4 is 24.2 Å². The summed E-state index contributed by atoms with van der Waals surface area (Å²) in [6, 6.07) is 0. The van der Waals surface area contributed by atoms with Crippen molar-refractivity contribution in [2.24, 2.45) is 16.7 Å². The minimum Gasteiger partial charge on any atom is -0.465 e. The highest BCUT2D eigenvalue weighted by Crippen LogP contribution is 2.22. The van der Waals surface area contributed by atoms with Gasteiger partial charge in [0, 0.05) is 0 Å². The number of hydrogen-bond donors (Lipinski definition) is 1. The van der Waals surface area contributed by atoms with E-state index in [4.69, 9.17) is 28.4 Å². The first kappa shape index (κ1) is 30.2. The van der Waals surface area contributed by atoms with Crippen LogP contribution in [0.3, 0.4) is 0 Å². The van der Waals surface area contributed by atoms with Crippen molar-refractivity contribution in [2.75, 3.05) is 46.2 Å². The topological polar surface area (TPSA) is 144 Å². The lowest BCUT2D eigenvalue weighted by Crippen LogP contribution is -2.41. The van der Waals surface area contributed by atoms with Crippen LogP contribution in [0, 0.1) is 16.7 Å². The summed E-state index contributed by atoms with van der Waals surface area (Å²) in [5, 5.41) is 9.49. The molecule has 0 aromatic heterocycles. The van der Waals surface area contributed by atoms with E-state index in [0.717, 1.165) is 0 Å². The van der Waals surface area contributed by atoms with Gasteiger partial charge in [-0.25, -0.2) is 9.59 Å². The van der Waals surface area contributed by atoms with E-state index in [9.17, 15) is 24.3 Å². The highest BCUT2D eigenvalue weighted by Gasteiger charge is 2.40. The van der Waals surface area contributed by atoms with Crippen molar-refractivity contribution in [2.45, 2.75) is 41.0 Å². The second kappa shape index (κ2) is 15.1. The third-order valence-electron chi connectivity index (χ3n) is 4.38. The highest BCUT2D eigenvalue weighted by molar-refractivity contribution is 5.78. The van der Waals surface area contributed by atoms with Gasteiger partial charge in [0.2, 0.25) is 0 Å². The average molecular weight is 477 g/mol. The molecule has 2 atom stereocenters. The summed E-state index contributed by atoms with van der Waals surface area (Å²) in [5.74, 6) is -1.22. The van der Waals surface area contributed by atoms with Crippen molar-refractivity contribution in [3.05, 3.63) is 12.7 Å². The Bertz CT molecular complexity index is 661. The van der Waals surface area contributed by atoms with Gasteiger partial charge < -0.3 is 33.5 Å². The molecule has 0 saturated heterocycles. The molecule has 0 rings (SSSR count). The molecule has 0 radical (unpaired) electrons. The van der Waals surface area contributed by atoms with Crippen LogP contribution < -0.4 is 0 Å². The van der Waals surface area contributed by atoms with Crippen molar-refractivity contribution in [3.63, 3.8) is 0 Å². The molecule has 11 nitrogen and oxygen atoms in total. The first-order valence-electron chi connectivity index (χ1n) is 10.6. The number of carbonyl (C=O) groups is 4. The van der Waals surface area contributed by atoms with E-state index >= 15 is 0 Å². The fraction of sp³-hybridized carbons (Fsp3) is 0.727. The van der Waals surface area contributed by atoms with Crippen LogP contribution in [0.15, 0.2) is 12.7 Å². The van der Waals surface area contributed by atoms with Crippen LogP contribution in [0.5, 0.6) is 0 Å². The Morgan fingerprint density at radius 1 is 0.848 bits per heavy atom. The van der Waals surface area contributed by atoms with Crippen LogP contribution in [-0.4, -0.2) is 75.6 Å². The van der Waals surface area contributed by atoms with Crippen LogP contribution in [0.2, 0.25) is 0 Å². The molecule has 11 heteroatoms. The summed E-state index contributed by atoms with van der Waals surface area (Å²) >= 11 is 0. The number of aliphatic hydroxyl groups excluding tert-OH is 1. The van der Waals surface area contributed by atoms with Gasteiger partial charge in [-0.15, -0.1) is 0 Å². The molecule has 1 N–H and O–H groups in total. The Balaban J connectivity index is 4.89. The maximum Gasteiger partial charge on any atom is 0.508 e. The molecular formula is C22H36O11. The smallest absolute Gasteiger partial charge is 0.465 e. The molecule has 0 amide bonds. The molecule has 0 aliphatic carbocycles. The largest absolute Gasteiger partial charge is 0.508 e.